The van der Waals surface area contributed by atoms with Crippen molar-refractivity contribution in [3.63, 3.8) is 0 Å². The Bertz CT molecular complexity index is 1070. The summed E-state index contributed by atoms with van der Waals surface area (Å²) in [7, 11) is 0. The normalized spacial score (nSPS) is 11.3. The first kappa shape index (κ1) is 22.3. The zero-order valence-corrected chi connectivity index (χ0v) is 18.7. The van der Waals surface area contributed by atoms with Crippen LogP contribution in [0.3, 0.4) is 0 Å². The molecular formula is C25H26N2O3S. The number of hydrogen-bond donors (Lipinski definition) is 2. The second-order valence-electron chi connectivity index (χ2n) is 7.39. The maximum Gasteiger partial charge on any atom is 0.268 e. The molecule has 3 aromatic rings. The second kappa shape index (κ2) is 10.6. The number of amides is 2. The van der Waals surface area contributed by atoms with Crippen LogP contribution in [0.25, 0.3) is 6.08 Å². The highest BCUT2D eigenvalue weighted by Crippen LogP contribution is 2.16. The Balaban J connectivity index is 1.73. The van der Waals surface area contributed by atoms with Crippen LogP contribution in [0.2, 0.25) is 0 Å². The largest absolute Gasteiger partial charge is 0.491 e. The molecule has 1 heterocycles. The van der Waals surface area contributed by atoms with Crippen LogP contribution in [0, 0.1) is 6.92 Å². The van der Waals surface area contributed by atoms with Gasteiger partial charge in [-0.15, -0.1) is 11.3 Å². The zero-order valence-electron chi connectivity index (χ0n) is 17.8. The van der Waals surface area contributed by atoms with E-state index in [9.17, 15) is 9.59 Å². The Morgan fingerprint density at radius 1 is 1.06 bits per heavy atom. The molecule has 0 bridgehead atoms. The van der Waals surface area contributed by atoms with Crippen molar-refractivity contribution in [1.82, 2.24) is 10.6 Å². The van der Waals surface area contributed by atoms with Crippen molar-refractivity contribution < 1.29 is 14.3 Å². The van der Waals surface area contributed by atoms with Crippen LogP contribution in [0.4, 0.5) is 0 Å². The summed E-state index contributed by atoms with van der Waals surface area (Å²) >= 11 is 1.49. The Hall–Kier alpha value is -3.38. The molecule has 0 unspecified atom stereocenters. The molecular weight excluding hydrogens is 408 g/mol. The van der Waals surface area contributed by atoms with Gasteiger partial charge < -0.3 is 15.4 Å². The molecule has 2 N–H and O–H groups in total. The van der Waals surface area contributed by atoms with Gasteiger partial charge in [0, 0.05) is 17.0 Å². The summed E-state index contributed by atoms with van der Waals surface area (Å²) in [6, 6.07) is 18.6. The highest BCUT2D eigenvalue weighted by atomic mass is 32.1. The Labute approximate surface area is 186 Å². The number of thiophene rings is 1. The summed E-state index contributed by atoms with van der Waals surface area (Å²) in [4.78, 5) is 26.5. The van der Waals surface area contributed by atoms with Gasteiger partial charge in [0.1, 0.15) is 11.4 Å². The van der Waals surface area contributed by atoms with Crippen LogP contribution in [0.5, 0.6) is 5.75 Å². The van der Waals surface area contributed by atoms with Crippen LogP contribution < -0.4 is 15.4 Å². The summed E-state index contributed by atoms with van der Waals surface area (Å²) in [5.41, 5.74) is 2.59. The van der Waals surface area contributed by atoms with E-state index in [1.807, 2.05) is 74.7 Å². The fourth-order valence-corrected chi connectivity index (χ4v) is 3.59. The lowest BCUT2D eigenvalue weighted by molar-refractivity contribution is -0.117. The number of aryl methyl sites for hydroxylation is 1. The minimum Gasteiger partial charge on any atom is -0.491 e. The zero-order chi connectivity index (χ0) is 22.2. The quantitative estimate of drug-likeness (QED) is 0.494. The first-order chi connectivity index (χ1) is 14.9. The molecule has 160 valence electrons. The van der Waals surface area contributed by atoms with Crippen LogP contribution >= 0.6 is 11.3 Å². The second-order valence-corrected chi connectivity index (χ2v) is 8.37. The lowest BCUT2D eigenvalue weighted by Gasteiger charge is -2.13. The van der Waals surface area contributed by atoms with E-state index in [2.05, 4.69) is 10.6 Å². The van der Waals surface area contributed by atoms with E-state index < -0.39 is 0 Å². The molecule has 0 aliphatic carbocycles. The molecule has 1 aromatic heterocycles. The first-order valence-corrected chi connectivity index (χ1v) is 11.0. The highest BCUT2D eigenvalue weighted by molar-refractivity contribution is 7.10. The van der Waals surface area contributed by atoms with Gasteiger partial charge in [0.05, 0.1) is 6.10 Å². The standard InChI is InChI=1S/C25H26N2O3S/c1-17(2)30-21-10-5-8-19(14-21)16-26-25(29)23(15-22-11-6-12-31-22)27-24(28)20-9-4-7-18(3)13-20/h4-15,17H,16H2,1-3H3,(H,26,29)(H,27,28)/b23-15-. The number of hydrogen-bond acceptors (Lipinski definition) is 4. The number of carbonyl (C=O) groups is 2. The Morgan fingerprint density at radius 3 is 2.58 bits per heavy atom. The van der Waals surface area contributed by atoms with E-state index in [1.165, 1.54) is 11.3 Å². The minimum atomic E-state index is -0.357. The summed E-state index contributed by atoms with van der Waals surface area (Å²) in [5, 5.41) is 7.57. The van der Waals surface area contributed by atoms with Crippen molar-refractivity contribution >= 4 is 29.2 Å². The number of rotatable bonds is 8. The van der Waals surface area contributed by atoms with Gasteiger partial charge in [-0.25, -0.2) is 0 Å². The summed E-state index contributed by atoms with van der Waals surface area (Å²) in [5.74, 6) is 0.0717. The third kappa shape index (κ3) is 6.83. The van der Waals surface area contributed by atoms with Crippen molar-refractivity contribution in [2.45, 2.75) is 33.4 Å². The van der Waals surface area contributed by atoms with Gasteiger partial charge in [0.25, 0.3) is 11.8 Å². The fourth-order valence-electron chi connectivity index (χ4n) is 2.93. The van der Waals surface area contributed by atoms with Gasteiger partial charge in [-0.2, -0.15) is 0 Å². The smallest absolute Gasteiger partial charge is 0.268 e. The SMILES string of the molecule is Cc1cccc(C(=O)N/C(=C\c2cccs2)C(=O)NCc2cccc(OC(C)C)c2)c1. The average Bonchev–Trinajstić information content (AvgIpc) is 3.24. The molecule has 0 spiro atoms. The van der Waals surface area contributed by atoms with Gasteiger partial charge >= 0.3 is 0 Å². The van der Waals surface area contributed by atoms with E-state index in [-0.39, 0.29) is 23.6 Å². The highest BCUT2D eigenvalue weighted by Gasteiger charge is 2.15. The molecule has 0 saturated carbocycles. The maximum absolute atomic E-state index is 12.9. The van der Waals surface area contributed by atoms with E-state index in [0.29, 0.717) is 12.1 Å². The summed E-state index contributed by atoms with van der Waals surface area (Å²) < 4.78 is 5.71. The van der Waals surface area contributed by atoms with Crippen molar-refractivity contribution in [2.24, 2.45) is 0 Å². The van der Waals surface area contributed by atoms with Crippen molar-refractivity contribution in [1.29, 1.82) is 0 Å². The lowest BCUT2D eigenvalue weighted by Crippen LogP contribution is -2.34. The van der Waals surface area contributed by atoms with E-state index in [0.717, 1.165) is 21.8 Å². The van der Waals surface area contributed by atoms with Crippen LogP contribution in [-0.2, 0) is 11.3 Å². The van der Waals surface area contributed by atoms with Gasteiger partial charge in [-0.1, -0.05) is 35.9 Å². The molecule has 6 heteroatoms. The Morgan fingerprint density at radius 2 is 1.87 bits per heavy atom. The summed E-state index contributed by atoms with van der Waals surface area (Å²) in [6.07, 6.45) is 1.76. The molecule has 5 nitrogen and oxygen atoms in total. The fraction of sp³-hybridized carbons (Fsp3) is 0.200. The number of ether oxygens (including phenoxy) is 1. The van der Waals surface area contributed by atoms with Crippen LogP contribution in [0.1, 0.15) is 40.2 Å². The number of benzene rings is 2. The van der Waals surface area contributed by atoms with Crippen molar-refractivity contribution in [2.75, 3.05) is 0 Å². The number of carbonyl (C=O) groups excluding carboxylic acids is 2. The third-order valence-corrected chi connectivity index (χ3v) is 5.15. The maximum atomic E-state index is 12.9. The molecule has 0 atom stereocenters. The van der Waals surface area contributed by atoms with Crippen LogP contribution in [0.15, 0.2) is 71.7 Å². The lowest BCUT2D eigenvalue weighted by atomic mass is 10.1. The predicted molar refractivity (Wildman–Crippen MR) is 125 cm³/mol. The molecule has 3 rings (SSSR count). The minimum absolute atomic E-state index is 0.0713. The van der Waals surface area contributed by atoms with Gasteiger partial charge in [0.15, 0.2) is 0 Å². The van der Waals surface area contributed by atoms with E-state index in [1.54, 1.807) is 18.2 Å². The van der Waals surface area contributed by atoms with Gasteiger partial charge in [-0.05, 0) is 68.1 Å². The molecule has 0 aliphatic rings. The predicted octanol–water partition coefficient (Wildman–Crippen LogP) is 4.93. The molecule has 0 saturated heterocycles. The molecule has 2 amide bonds. The first-order valence-electron chi connectivity index (χ1n) is 10.1. The van der Waals surface area contributed by atoms with Gasteiger partial charge in [-0.3, -0.25) is 9.59 Å². The van der Waals surface area contributed by atoms with Crippen molar-refractivity contribution in [3.05, 3.63) is 93.3 Å². The molecule has 0 radical (unpaired) electrons. The van der Waals surface area contributed by atoms with Crippen LogP contribution in [-0.4, -0.2) is 17.9 Å². The van der Waals surface area contributed by atoms with Crippen molar-refractivity contribution in [3.8, 4) is 5.75 Å². The number of nitrogens with one attached hydrogen (secondary N) is 2. The van der Waals surface area contributed by atoms with E-state index >= 15 is 0 Å². The monoisotopic (exact) mass is 434 g/mol. The topological polar surface area (TPSA) is 67.4 Å². The molecule has 2 aromatic carbocycles. The van der Waals surface area contributed by atoms with Gasteiger partial charge in [0.2, 0.25) is 0 Å². The summed E-state index contributed by atoms with van der Waals surface area (Å²) in [6.45, 7) is 6.17. The molecule has 31 heavy (non-hydrogen) atoms. The molecule has 0 fully saturated rings. The van der Waals surface area contributed by atoms with E-state index in [4.69, 9.17) is 4.74 Å². The Kier molecular flexibility index (Phi) is 7.62. The average molecular weight is 435 g/mol. The molecule has 0 aliphatic heterocycles. The third-order valence-electron chi connectivity index (χ3n) is 4.33.